The molecule has 21 heavy (non-hydrogen) atoms. The maximum Gasteiger partial charge on any atom is 0.267 e. The van der Waals surface area contributed by atoms with Crippen molar-refractivity contribution < 1.29 is 9.32 Å². The van der Waals surface area contributed by atoms with E-state index in [1.165, 1.54) is 0 Å². The number of benzene rings is 1. The number of anilines is 1. The minimum atomic E-state index is -0.0415. The molecular formula is C16H17N3O2. The van der Waals surface area contributed by atoms with Gasteiger partial charge in [-0.3, -0.25) is 4.79 Å². The molecule has 0 saturated heterocycles. The molecule has 0 fully saturated rings. The highest BCUT2D eigenvalue weighted by Crippen LogP contribution is 2.33. The van der Waals surface area contributed by atoms with Crippen molar-refractivity contribution in [2.24, 2.45) is 5.41 Å². The van der Waals surface area contributed by atoms with Crippen LogP contribution in [0.3, 0.4) is 0 Å². The van der Waals surface area contributed by atoms with E-state index >= 15 is 0 Å². The van der Waals surface area contributed by atoms with Crippen molar-refractivity contribution in [3.8, 4) is 11.5 Å². The predicted molar refractivity (Wildman–Crippen MR) is 79.5 cm³/mol. The number of hydrogen-bond acceptors (Lipinski definition) is 5. The fraction of sp³-hybridized carbons (Fsp3) is 0.312. The topological polar surface area (TPSA) is 68.0 Å². The molecular weight excluding hydrogens is 266 g/mol. The SMILES string of the molecule is CC1(C)CC(=O)C=C(Nc2noc(-c3ccccc3)n2)C1. The number of allylic oxidation sites excluding steroid dienone is 2. The molecule has 0 atom stereocenters. The van der Waals surface area contributed by atoms with Crippen LogP contribution in [0.5, 0.6) is 0 Å². The molecule has 1 aromatic carbocycles. The van der Waals surface area contributed by atoms with E-state index < -0.39 is 0 Å². The van der Waals surface area contributed by atoms with E-state index in [9.17, 15) is 4.79 Å². The van der Waals surface area contributed by atoms with E-state index in [2.05, 4.69) is 29.3 Å². The number of hydrogen-bond donors (Lipinski definition) is 1. The zero-order valence-corrected chi connectivity index (χ0v) is 12.1. The van der Waals surface area contributed by atoms with Gasteiger partial charge in [-0.15, -0.1) is 0 Å². The van der Waals surface area contributed by atoms with Crippen LogP contribution in [-0.2, 0) is 4.79 Å². The summed E-state index contributed by atoms with van der Waals surface area (Å²) in [7, 11) is 0. The van der Waals surface area contributed by atoms with E-state index in [0.717, 1.165) is 17.7 Å². The number of carbonyl (C=O) groups excluding carboxylic acids is 1. The summed E-state index contributed by atoms with van der Waals surface area (Å²) in [6.07, 6.45) is 2.98. The molecule has 0 unspecified atom stereocenters. The molecule has 1 aliphatic rings. The third kappa shape index (κ3) is 3.18. The van der Waals surface area contributed by atoms with Crippen LogP contribution in [0.25, 0.3) is 11.5 Å². The standard InChI is InChI=1S/C16H17N3O2/c1-16(2)9-12(8-13(20)10-16)17-15-18-14(21-19-15)11-6-4-3-5-7-11/h3-8H,9-10H2,1-2H3,(H,17,19). The van der Waals surface area contributed by atoms with Crippen molar-refractivity contribution in [2.45, 2.75) is 26.7 Å². The summed E-state index contributed by atoms with van der Waals surface area (Å²) in [5, 5.41) is 6.99. The van der Waals surface area contributed by atoms with Crippen LogP contribution in [0.2, 0.25) is 0 Å². The highest BCUT2D eigenvalue weighted by atomic mass is 16.5. The van der Waals surface area contributed by atoms with Gasteiger partial charge < -0.3 is 9.84 Å². The second-order valence-electron chi connectivity index (χ2n) is 6.07. The molecule has 1 aromatic heterocycles. The molecule has 0 bridgehead atoms. The summed E-state index contributed by atoms with van der Waals surface area (Å²) in [6.45, 7) is 4.15. The highest BCUT2D eigenvalue weighted by molar-refractivity contribution is 5.92. The van der Waals surface area contributed by atoms with E-state index in [-0.39, 0.29) is 11.2 Å². The van der Waals surface area contributed by atoms with E-state index in [0.29, 0.717) is 18.3 Å². The lowest BCUT2D eigenvalue weighted by Crippen LogP contribution is -2.24. The summed E-state index contributed by atoms with van der Waals surface area (Å²) in [4.78, 5) is 16.0. The van der Waals surface area contributed by atoms with Gasteiger partial charge in [0.1, 0.15) is 0 Å². The smallest absolute Gasteiger partial charge is 0.267 e. The maximum absolute atomic E-state index is 11.7. The Bertz CT molecular complexity index is 687. The van der Waals surface area contributed by atoms with Crippen LogP contribution in [0.4, 0.5) is 5.95 Å². The predicted octanol–water partition coefficient (Wildman–Crippen LogP) is 3.42. The minimum Gasteiger partial charge on any atom is -0.332 e. The molecule has 0 amide bonds. The highest BCUT2D eigenvalue weighted by Gasteiger charge is 2.28. The molecule has 0 spiro atoms. The lowest BCUT2D eigenvalue weighted by Gasteiger charge is -2.28. The van der Waals surface area contributed by atoms with Crippen LogP contribution in [0.15, 0.2) is 46.6 Å². The first-order valence-electron chi connectivity index (χ1n) is 6.91. The van der Waals surface area contributed by atoms with Gasteiger partial charge in [-0.25, -0.2) is 0 Å². The lowest BCUT2D eigenvalue weighted by atomic mass is 9.79. The van der Waals surface area contributed by atoms with Gasteiger partial charge in [-0.05, 0) is 29.1 Å². The Kier molecular flexibility index (Phi) is 3.33. The summed E-state index contributed by atoms with van der Waals surface area (Å²) in [5.74, 6) is 0.964. The second-order valence-corrected chi connectivity index (χ2v) is 6.07. The summed E-state index contributed by atoms with van der Waals surface area (Å²) in [5.41, 5.74) is 1.66. The van der Waals surface area contributed by atoms with Crippen molar-refractivity contribution in [3.05, 3.63) is 42.1 Å². The largest absolute Gasteiger partial charge is 0.332 e. The average molecular weight is 283 g/mol. The molecule has 108 valence electrons. The quantitative estimate of drug-likeness (QED) is 0.934. The lowest BCUT2D eigenvalue weighted by molar-refractivity contribution is -0.117. The Labute approximate surface area is 123 Å². The fourth-order valence-corrected chi connectivity index (χ4v) is 2.54. The van der Waals surface area contributed by atoms with E-state index in [1.54, 1.807) is 6.08 Å². The van der Waals surface area contributed by atoms with E-state index in [1.807, 2.05) is 30.3 Å². The fourth-order valence-electron chi connectivity index (χ4n) is 2.54. The van der Waals surface area contributed by atoms with Gasteiger partial charge in [-0.2, -0.15) is 4.98 Å². The number of rotatable bonds is 3. The van der Waals surface area contributed by atoms with Crippen LogP contribution in [0.1, 0.15) is 26.7 Å². The molecule has 0 radical (unpaired) electrons. The number of carbonyl (C=O) groups is 1. The summed E-state index contributed by atoms with van der Waals surface area (Å²) >= 11 is 0. The van der Waals surface area contributed by atoms with Crippen molar-refractivity contribution in [1.29, 1.82) is 0 Å². The molecule has 0 aliphatic heterocycles. The number of aromatic nitrogens is 2. The van der Waals surface area contributed by atoms with Crippen LogP contribution < -0.4 is 5.32 Å². The van der Waals surface area contributed by atoms with Crippen molar-refractivity contribution >= 4 is 11.7 Å². The molecule has 0 saturated carbocycles. The summed E-state index contributed by atoms with van der Waals surface area (Å²) in [6, 6.07) is 9.57. The first-order valence-corrected chi connectivity index (χ1v) is 6.91. The van der Waals surface area contributed by atoms with Gasteiger partial charge in [0.2, 0.25) is 0 Å². The zero-order valence-electron chi connectivity index (χ0n) is 12.1. The Morgan fingerprint density at radius 1 is 1.19 bits per heavy atom. The number of nitrogens with zero attached hydrogens (tertiary/aromatic N) is 2. The average Bonchev–Trinajstić information content (AvgIpc) is 2.86. The Morgan fingerprint density at radius 3 is 2.67 bits per heavy atom. The first kappa shape index (κ1) is 13.5. The molecule has 3 rings (SSSR count). The van der Waals surface area contributed by atoms with Crippen molar-refractivity contribution in [3.63, 3.8) is 0 Å². The van der Waals surface area contributed by atoms with Crippen molar-refractivity contribution in [1.82, 2.24) is 10.1 Å². The maximum atomic E-state index is 11.7. The van der Waals surface area contributed by atoms with Gasteiger partial charge in [0.05, 0.1) is 0 Å². The molecule has 1 N–H and O–H groups in total. The molecule has 5 heteroatoms. The van der Waals surface area contributed by atoms with Gasteiger partial charge in [0.15, 0.2) is 5.78 Å². The normalized spacial score (nSPS) is 17.4. The van der Waals surface area contributed by atoms with Crippen molar-refractivity contribution in [2.75, 3.05) is 5.32 Å². The monoisotopic (exact) mass is 283 g/mol. The number of ketones is 1. The summed E-state index contributed by atoms with van der Waals surface area (Å²) < 4.78 is 5.24. The zero-order chi connectivity index (χ0) is 14.9. The third-order valence-electron chi connectivity index (χ3n) is 3.38. The second kappa shape index (κ2) is 5.16. The number of nitrogens with one attached hydrogen (secondary N) is 1. The van der Waals surface area contributed by atoms with Crippen LogP contribution in [0, 0.1) is 5.41 Å². The molecule has 2 aromatic rings. The molecule has 1 aliphatic carbocycles. The molecule has 5 nitrogen and oxygen atoms in total. The van der Waals surface area contributed by atoms with Gasteiger partial charge >= 0.3 is 0 Å². The Morgan fingerprint density at radius 2 is 1.95 bits per heavy atom. The minimum absolute atomic E-state index is 0.0415. The van der Waals surface area contributed by atoms with Crippen LogP contribution >= 0.6 is 0 Å². The molecule has 1 heterocycles. The Hall–Kier alpha value is -2.43. The van der Waals surface area contributed by atoms with Gasteiger partial charge in [0, 0.05) is 23.8 Å². The first-order chi connectivity index (χ1) is 10.0. The van der Waals surface area contributed by atoms with Gasteiger partial charge in [0.25, 0.3) is 11.8 Å². The van der Waals surface area contributed by atoms with E-state index in [4.69, 9.17) is 4.52 Å². The van der Waals surface area contributed by atoms with Gasteiger partial charge in [-0.1, -0.05) is 32.0 Å². The Balaban J connectivity index is 1.78. The van der Waals surface area contributed by atoms with Crippen LogP contribution in [-0.4, -0.2) is 15.9 Å². The third-order valence-corrected chi connectivity index (χ3v) is 3.38.